The molecule has 0 spiro atoms. The molecule has 2 aromatic rings. The molecule has 2 aromatic carbocycles. The highest BCUT2D eigenvalue weighted by atomic mass is 16.5. The van der Waals surface area contributed by atoms with E-state index < -0.39 is 11.9 Å². The molecule has 6 heteroatoms. The molecule has 2 rings (SSSR count). The van der Waals surface area contributed by atoms with E-state index in [9.17, 15) is 9.59 Å². The predicted octanol–water partition coefficient (Wildman–Crippen LogP) is 3.82. The molecular weight excluding hydrogens is 358 g/mol. The van der Waals surface area contributed by atoms with Crippen LogP contribution in [0.25, 0.3) is 6.08 Å². The third-order valence-electron chi connectivity index (χ3n) is 3.96. The summed E-state index contributed by atoms with van der Waals surface area (Å²) in [4.78, 5) is 24.6. The van der Waals surface area contributed by atoms with Crippen molar-refractivity contribution in [2.45, 2.75) is 19.8 Å². The van der Waals surface area contributed by atoms with Gasteiger partial charge in [0.1, 0.15) is 17.2 Å². The van der Waals surface area contributed by atoms with Gasteiger partial charge in [0.25, 0.3) is 5.91 Å². The van der Waals surface area contributed by atoms with Crippen molar-refractivity contribution in [3.63, 3.8) is 0 Å². The summed E-state index contributed by atoms with van der Waals surface area (Å²) in [5.41, 5.74) is 1.18. The molecule has 0 aliphatic carbocycles. The molecule has 148 valence electrons. The summed E-state index contributed by atoms with van der Waals surface area (Å²) >= 11 is 0. The van der Waals surface area contributed by atoms with Gasteiger partial charge in [-0.05, 0) is 54.5 Å². The van der Waals surface area contributed by atoms with E-state index in [0.29, 0.717) is 23.7 Å². The van der Waals surface area contributed by atoms with Crippen molar-refractivity contribution in [1.29, 1.82) is 0 Å². The van der Waals surface area contributed by atoms with Crippen molar-refractivity contribution < 1.29 is 23.8 Å². The molecule has 28 heavy (non-hydrogen) atoms. The van der Waals surface area contributed by atoms with E-state index in [4.69, 9.17) is 14.2 Å². The van der Waals surface area contributed by atoms with Crippen molar-refractivity contribution in [3.05, 3.63) is 65.4 Å². The van der Waals surface area contributed by atoms with Crippen molar-refractivity contribution in [2.24, 2.45) is 0 Å². The van der Waals surface area contributed by atoms with Crippen molar-refractivity contribution in [1.82, 2.24) is 5.32 Å². The molecule has 0 saturated carbocycles. The minimum atomic E-state index is -0.635. The summed E-state index contributed by atoms with van der Waals surface area (Å²) in [5, 5.41) is 2.61. The van der Waals surface area contributed by atoms with Gasteiger partial charge in [0.05, 0.1) is 20.8 Å². The van der Waals surface area contributed by atoms with Crippen LogP contribution in [0.4, 0.5) is 0 Å². The molecule has 1 amide bonds. The average molecular weight is 383 g/mol. The standard InChI is InChI=1S/C22H25NO5/c1-4-5-14-28-19-12-8-17(9-13-19)21(24)23-20(22(25)27-3)15-16-6-10-18(26-2)11-7-16/h6-13,15H,4-5,14H2,1-3H3,(H,23,24)/b20-15-. The molecule has 0 bridgehead atoms. The zero-order valence-corrected chi connectivity index (χ0v) is 16.4. The fourth-order valence-corrected chi connectivity index (χ4v) is 2.35. The summed E-state index contributed by atoms with van der Waals surface area (Å²) in [6.45, 7) is 2.73. The molecule has 6 nitrogen and oxygen atoms in total. The number of rotatable bonds is 9. The maximum absolute atomic E-state index is 12.5. The van der Waals surface area contributed by atoms with E-state index in [1.165, 1.54) is 7.11 Å². The molecule has 0 aliphatic rings. The van der Waals surface area contributed by atoms with E-state index in [1.54, 1.807) is 61.7 Å². The lowest BCUT2D eigenvalue weighted by molar-refractivity contribution is -0.136. The molecule has 0 fully saturated rings. The Labute approximate surface area is 165 Å². The maximum atomic E-state index is 12.5. The van der Waals surface area contributed by atoms with E-state index in [-0.39, 0.29) is 5.70 Å². The molecule has 0 radical (unpaired) electrons. The Bertz CT molecular complexity index is 810. The number of unbranched alkanes of at least 4 members (excludes halogenated alkanes) is 1. The Kier molecular flexibility index (Phi) is 8.09. The second-order valence-electron chi connectivity index (χ2n) is 6.00. The van der Waals surface area contributed by atoms with Gasteiger partial charge in [0, 0.05) is 5.56 Å². The van der Waals surface area contributed by atoms with E-state index in [2.05, 4.69) is 12.2 Å². The molecule has 0 aromatic heterocycles. The highest BCUT2D eigenvalue weighted by molar-refractivity contribution is 6.03. The number of hydrogen-bond acceptors (Lipinski definition) is 5. The molecular formula is C22H25NO5. The quantitative estimate of drug-likeness (QED) is 0.405. The van der Waals surface area contributed by atoms with Crippen LogP contribution < -0.4 is 14.8 Å². The fraction of sp³-hybridized carbons (Fsp3) is 0.273. The van der Waals surface area contributed by atoms with Crippen molar-refractivity contribution in [2.75, 3.05) is 20.8 Å². The molecule has 0 heterocycles. The Morgan fingerprint density at radius 2 is 1.61 bits per heavy atom. The van der Waals surface area contributed by atoms with E-state index >= 15 is 0 Å². The molecule has 0 saturated heterocycles. The number of nitrogens with one attached hydrogen (secondary N) is 1. The predicted molar refractivity (Wildman–Crippen MR) is 107 cm³/mol. The van der Waals surface area contributed by atoms with Crippen LogP contribution in [0.3, 0.4) is 0 Å². The van der Waals surface area contributed by atoms with Gasteiger partial charge in [-0.15, -0.1) is 0 Å². The lowest BCUT2D eigenvalue weighted by Gasteiger charge is -2.10. The van der Waals surface area contributed by atoms with Gasteiger partial charge in [0.15, 0.2) is 0 Å². The Morgan fingerprint density at radius 3 is 2.18 bits per heavy atom. The number of amides is 1. The summed E-state index contributed by atoms with van der Waals surface area (Å²) < 4.78 is 15.5. The zero-order valence-electron chi connectivity index (χ0n) is 16.4. The summed E-state index contributed by atoms with van der Waals surface area (Å²) in [6, 6.07) is 13.8. The van der Waals surface area contributed by atoms with Crippen LogP contribution in [0.2, 0.25) is 0 Å². The first-order valence-corrected chi connectivity index (χ1v) is 9.05. The van der Waals surface area contributed by atoms with Gasteiger partial charge < -0.3 is 19.5 Å². The number of hydrogen-bond donors (Lipinski definition) is 1. The Balaban J connectivity index is 2.11. The minimum absolute atomic E-state index is 0.0425. The van der Waals surface area contributed by atoms with Crippen LogP contribution in [-0.4, -0.2) is 32.7 Å². The van der Waals surface area contributed by atoms with Crippen molar-refractivity contribution >= 4 is 18.0 Å². The van der Waals surface area contributed by atoms with E-state index in [1.807, 2.05) is 0 Å². The zero-order chi connectivity index (χ0) is 20.4. The maximum Gasteiger partial charge on any atom is 0.354 e. The second-order valence-corrected chi connectivity index (χ2v) is 6.00. The summed E-state index contributed by atoms with van der Waals surface area (Å²) in [5.74, 6) is 0.350. The largest absolute Gasteiger partial charge is 0.497 e. The summed E-state index contributed by atoms with van der Waals surface area (Å²) in [7, 11) is 2.84. The van der Waals surface area contributed by atoms with Gasteiger partial charge in [-0.2, -0.15) is 0 Å². The second kappa shape index (κ2) is 10.8. The minimum Gasteiger partial charge on any atom is -0.497 e. The third kappa shape index (κ3) is 6.16. The molecule has 0 unspecified atom stereocenters. The van der Waals surface area contributed by atoms with Crippen LogP contribution in [-0.2, 0) is 9.53 Å². The van der Waals surface area contributed by atoms with Crippen molar-refractivity contribution in [3.8, 4) is 11.5 Å². The molecule has 0 aliphatic heterocycles. The van der Waals surface area contributed by atoms with Gasteiger partial charge in [-0.25, -0.2) is 4.79 Å². The third-order valence-corrected chi connectivity index (χ3v) is 3.96. The number of methoxy groups -OCH3 is 2. The lowest BCUT2D eigenvalue weighted by atomic mass is 10.1. The SMILES string of the molecule is CCCCOc1ccc(C(=O)N/C(=C\c2ccc(OC)cc2)C(=O)OC)cc1. The van der Waals surface area contributed by atoms with Gasteiger partial charge in [-0.3, -0.25) is 4.79 Å². The Hall–Kier alpha value is -3.28. The molecule has 1 N–H and O–H groups in total. The summed E-state index contributed by atoms with van der Waals surface area (Å²) in [6.07, 6.45) is 3.57. The van der Waals surface area contributed by atoms with Crippen LogP contribution in [0.1, 0.15) is 35.7 Å². The number of esters is 1. The highest BCUT2D eigenvalue weighted by Gasteiger charge is 2.15. The lowest BCUT2D eigenvalue weighted by Crippen LogP contribution is -2.28. The first-order valence-electron chi connectivity index (χ1n) is 9.05. The van der Waals surface area contributed by atoms with Gasteiger partial charge >= 0.3 is 5.97 Å². The highest BCUT2D eigenvalue weighted by Crippen LogP contribution is 2.15. The average Bonchev–Trinajstić information content (AvgIpc) is 2.73. The fourth-order valence-electron chi connectivity index (χ4n) is 2.35. The van der Waals surface area contributed by atoms with Gasteiger partial charge in [0.2, 0.25) is 0 Å². The number of carbonyl (C=O) groups excluding carboxylic acids is 2. The normalized spacial score (nSPS) is 10.9. The molecule has 0 atom stereocenters. The Morgan fingerprint density at radius 1 is 0.964 bits per heavy atom. The van der Waals surface area contributed by atoms with Crippen LogP contribution >= 0.6 is 0 Å². The topological polar surface area (TPSA) is 73.9 Å². The first-order chi connectivity index (χ1) is 13.6. The van der Waals surface area contributed by atoms with Crippen LogP contribution in [0, 0.1) is 0 Å². The number of carbonyl (C=O) groups is 2. The van der Waals surface area contributed by atoms with E-state index in [0.717, 1.165) is 18.4 Å². The first kappa shape index (κ1) is 21.0. The van der Waals surface area contributed by atoms with Crippen LogP contribution in [0.5, 0.6) is 11.5 Å². The monoisotopic (exact) mass is 383 g/mol. The number of ether oxygens (including phenoxy) is 3. The smallest absolute Gasteiger partial charge is 0.354 e. The number of benzene rings is 2. The van der Waals surface area contributed by atoms with Gasteiger partial charge in [-0.1, -0.05) is 25.5 Å². The van der Waals surface area contributed by atoms with Crippen LogP contribution in [0.15, 0.2) is 54.2 Å².